The predicted octanol–water partition coefficient (Wildman–Crippen LogP) is 2.80. The van der Waals surface area contributed by atoms with Crippen molar-refractivity contribution in [3.05, 3.63) is 36.4 Å². The standard InChI is InChI=1S/C6H5.2BrH.Mg/c1-2-4-6-5-3-1;;;/h1-5H;2*1H;/q;;;+2/p-2. The minimum atomic E-state index is 0.0417. The van der Waals surface area contributed by atoms with E-state index in [0.717, 1.165) is 0 Å². The van der Waals surface area contributed by atoms with E-state index in [1.165, 1.54) is 0 Å². The summed E-state index contributed by atoms with van der Waals surface area (Å²) in [6.07, 6.45) is 0. The third-order valence-electron chi connectivity index (χ3n) is 0.607. The molecule has 0 atom stereocenters. The zero-order valence-corrected chi connectivity index (χ0v) is 9.44. The molecule has 1 aromatic carbocycles. The van der Waals surface area contributed by atoms with Gasteiger partial charge in [-0.15, -0.1) is 0 Å². The molecular formula is C6H5Br2Mg. The van der Waals surface area contributed by atoms with Crippen LogP contribution < -0.4 is 0 Å². The van der Waals surface area contributed by atoms with E-state index in [9.17, 15) is 0 Å². The Morgan fingerprint density at radius 3 is 1.56 bits per heavy atom. The van der Waals surface area contributed by atoms with E-state index < -0.39 is 0 Å². The molecule has 0 aliphatic heterocycles. The van der Waals surface area contributed by atoms with E-state index in [1.807, 2.05) is 30.3 Å². The van der Waals surface area contributed by atoms with E-state index in [4.69, 9.17) is 0 Å². The van der Waals surface area contributed by atoms with Crippen LogP contribution in [0, 0.1) is 6.07 Å². The van der Waals surface area contributed by atoms with Gasteiger partial charge in [0.25, 0.3) is 0 Å². The molecule has 45 valence electrons. The third kappa shape index (κ3) is 8.95. The summed E-state index contributed by atoms with van der Waals surface area (Å²) < 4.78 is 0. The number of halogens is 2. The lowest BCUT2D eigenvalue weighted by molar-refractivity contribution is 1.70. The summed E-state index contributed by atoms with van der Waals surface area (Å²) in [7, 11) is 0. The largest absolute Gasteiger partial charge is 0.560 e. The summed E-state index contributed by atoms with van der Waals surface area (Å²) in [4.78, 5) is 0. The molecule has 0 N–H and O–H groups in total. The van der Waals surface area contributed by atoms with Gasteiger partial charge in [0.05, 0.1) is 0 Å². The molecule has 0 bridgehead atoms. The van der Waals surface area contributed by atoms with E-state index in [-0.39, 0.29) is 16.0 Å². The quantitative estimate of drug-likeness (QED) is 0.630. The Bertz CT molecular complexity index is 93.9. The highest BCUT2D eigenvalue weighted by Gasteiger charge is 1.62. The van der Waals surface area contributed by atoms with Crippen molar-refractivity contribution in [2.75, 3.05) is 0 Å². The summed E-state index contributed by atoms with van der Waals surface area (Å²) in [6.45, 7) is 0. The summed E-state index contributed by atoms with van der Waals surface area (Å²) in [5.41, 5.74) is 0. The van der Waals surface area contributed by atoms with Crippen molar-refractivity contribution in [1.29, 1.82) is 0 Å². The lowest BCUT2D eigenvalue weighted by Gasteiger charge is -1.68. The van der Waals surface area contributed by atoms with Gasteiger partial charge < -0.3 is 0 Å². The maximum absolute atomic E-state index is 3.20. The van der Waals surface area contributed by atoms with Gasteiger partial charge in [-0.1, -0.05) is 30.3 Å². The van der Waals surface area contributed by atoms with E-state index >= 15 is 0 Å². The van der Waals surface area contributed by atoms with Crippen LogP contribution in [0.15, 0.2) is 30.3 Å². The molecule has 0 aliphatic rings. The summed E-state index contributed by atoms with van der Waals surface area (Å²) in [5.74, 6) is 0. The minimum absolute atomic E-state index is 0.0417. The first-order valence-corrected chi connectivity index (χ1v) is 10.2. The van der Waals surface area contributed by atoms with Crippen molar-refractivity contribution >= 4 is 41.8 Å². The predicted molar refractivity (Wildman–Crippen MR) is 48.9 cm³/mol. The van der Waals surface area contributed by atoms with Crippen LogP contribution in [0.3, 0.4) is 0 Å². The van der Waals surface area contributed by atoms with Crippen molar-refractivity contribution < 1.29 is 0 Å². The summed E-state index contributed by atoms with van der Waals surface area (Å²) >= 11 is 6.44. The van der Waals surface area contributed by atoms with Crippen LogP contribution in [0.2, 0.25) is 0 Å². The Balaban J connectivity index is 0.000000187. The highest BCUT2D eigenvalue weighted by molar-refractivity contribution is 9.47. The monoisotopic (exact) mass is 259 g/mol. The maximum atomic E-state index is 3.20. The Morgan fingerprint density at radius 2 is 1.44 bits per heavy atom. The molecule has 0 amide bonds. The molecule has 0 spiro atoms. The highest BCUT2D eigenvalue weighted by Crippen LogP contribution is 1.78. The normalized spacial score (nSPS) is 6.44. The minimum Gasteiger partial charge on any atom is -0.280 e. The average molecular weight is 261 g/mol. The van der Waals surface area contributed by atoms with Gasteiger partial charge in [0.1, 0.15) is 0 Å². The first-order chi connectivity index (χ1) is 4.41. The fraction of sp³-hybridized carbons (Fsp3) is 0. The molecule has 0 fully saturated rings. The third-order valence-corrected chi connectivity index (χ3v) is 0.607. The fourth-order valence-electron chi connectivity index (χ4n) is 0.342. The first kappa shape index (κ1) is 9.95. The molecule has 1 radical (unpaired) electrons. The molecule has 0 aliphatic carbocycles. The van der Waals surface area contributed by atoms with Crippen LogP contribution in [0.25, 0.3) is 0 Å². The lowest BCUT2D eigenvalue weighted by atomic mass is 10.4. The Hall–Kier alpha value is 0.946. The number of benzene rings is 1. The topological polar surface area (TPSA) is 0 Å². The van der Waals surface area contributed by atoms with Gasteiger partial charge in [-0.3, -0.25) is 25.8 Å². The molecule has 9 heavy (non-hydrogen) atoms. The molecule has 0 nitrogen and oxygen atoms in total. The zero-order chi connectivity index (χ0) is 6.95. The second kappa shape index (κ2) is 8.95. The molecule has 0 unspecified atom stereocenters. The Labute approximate surface area is 77.5 Å². The molecule has 1 aromatic rings. The maximum Gasteiger partial charge on any atom is 0.560 e. The first-order valence-electron chi connectivity index (χ1n) is 2.45. The van der Waals surface area contributed by atoms with Crippen molar-refractivity contribution in [3.63, 3.8) is 0 Å². The van der Waals surface area contributed by atoms with Crippen molar-refractivity contribution in [3.8, 4) is 0 Å². The number of hydrogen-bond acceptors (Lipinski definition) is 0. The fourth-order valence-corrected chi connectivity index (χ4v) is 0.342. The van der Waals surface area contributed by atoms with Crippen molar-refractivity contribution in [2.24, 2.45) is 0 Å². The van der Waals surface area contributed by atoms with Crippen molar-refractivity contribution in [1.82, 2.24) is 0 Å². The van der Waals surface area contributed by atoms with Crippen molar-refractivity contribution in [2.45, 2.75) is 0 Å². The van der Waals surface area contributed by atoms with Gasteiger partial charge in [0.2, 0.25) is 0 Å². The van der Waals surface area contributed by atoms with Crippen LogP contribution in [0.1, 0.15) is 0 Å². The van der Waals surface area contributed by atoms with Gasteiger partial charge >= 0.3 is 16.0 Å². The van der Waals surface area contributed by atoms with E-state index in [2.05, 4.69) is 31.8 Å². The van der Waals surface area contributed by atoms with Gasteiger partial charge in [0.15, 0.2) is 0 Å². The lowest BCUT2D eigenvalue weighted by Crippen LogP contribution is -1.49. The van der Waals surface area contributed by atoms with Crippen LogP contribution in [-0.2, 0) is 0 Å². The summed E-state index contributed by atoms with van der Waals surface area (Å²) in [6, 6.07) is 12.5. The smallest absolute Gasteiger partial charge is 0.280 e. The SMILES string of the molecule is [Br][Mg][Br].[c]1ccccc1. The molecule has 1 rings (SSSR count). The zero-order valence-electron chi connectivity index (χ0n) is 4.85. The molecule has 0 heterocycles. The average Bonchev–Trinajstić information content (AvgIpc) is 1.93. The van der Waals surface area contributed by atoms with Crippen LogP contribution in [0.4, 0.5) is 0 Å². The Kier molecular flexibility index (Phi) is 9.89. The van der Waals surface area contributed by atoms with Gasteiger partial charge in [-0.05, 0) is 6.07 Å². The van der Waals surface area contributed by atoms with E-state index in [1.54, 1.807) is 0 Å². The van der Waals surface area contributed by atoms with Gasteiger partial charge in [-0.25, -0.2) is 0 Å². The van der Waals surface area contributed by atoms with Crippen LogP contribution in [-0.4, -0.2) is 16.0 Å². The summed E-state index contributed by atoms with van der Waals surface area (Å²) in [5, 5.41) is 0. The molecular weight excluding hydrogens is 256 g/mol. The molecule has 0 aromatic heterocycles. The Morgan fingerprint density at radius 1 is 1.00 bits per heavy atom. The second-order valence-corrected chi connectivity index (χ2v) is 9.26. The number of hydrogen-bond donors (Lipinski definition) is 0. The van der Waals surface area contributed by atoms with Gasteiger partial charge in [0, 0.05) is 0 Å². The molecule has 0 saturated heterocycles. The van der Waals surface area contributed by atoms with Crippen LogP contribution in [0.5, 0.6) is 0 Å². The van der Waals surface area contributed by atoms with Crippen LogP contribution >= 0.6 is 25.8 Å². The highest BCUT2D eigenvalue weighted by atomic mass is 79.9. The number of rotatable bonds is 0. The molecule has 3 heteroatoms. The van der Waals surface area contributed by atoms with Gasteiger partial charge in [-0.2, -0.15) is 0 Å². The second-order valence-electron chi connectivity index (χ2n) is 1.18. The molecule has 0 saturated carbocycles. The van der Waals surface area contributed by atoms with E-state index in [0.29, 0.717) is 0 Å².